The Morgan fingerprint density at radius 2 is 1.50 bits per heavy atom. The summed E-state index contributed by atoms with van der Waals surface area (Å²) in [6.07, 6.45) is 0.530. The van der Waals surface area contributed by atoms with E-state index in [-0.39, 0.29) is 50.1 Å². The average Bonchev–Trinajstić information content (AvgIpc) is 2.43. The maximum absolute atomic E-state index is 10.8. The van der Waals surface area contributed by atoms with Crippen LogP contribution in [0.4, 0.5) is 0 Å². The molecule has 0 atom stereocenters. The SMILES string of the molecule is O=Cc1cc(O)c2c(O)c3c(O)cccc3c(O)c2c1. The van der Waals surface area contributed by atoms with Crippen molar-refractivity contribution in [1.29, 1.82) is 0 Å². The fourth-order valence-corrected chi connectivity index (χ4v) is 2.41. The van der Waals surface area contributed by atoms with E-state index in [1.807, 2.05) is 0 Å². The fraction of sp³-hybridized carbons (Fsp3) is 0. The molecule has 0 saturated carbocycles. The highest BCUT2D eigenvalue weighted by Crippen LogP contribution is 2.47. The van der Waals surface area contributed by atoms with E-state index in [9.17, 15) is 25.2 Å². The van der Waals surface area contributed by atoms with Crippen LogP contribution in [0, 0.1) is 0 Å². The van der Waals surface area contributed by atoms with E-state index in [0.29, 0.717) is 6.29 Å². The molecule has 5 nitrogen and oxygen atoms in total. The molecule has 0 bridgehead atoms. The van der Waals surface area contributed by atoms with E-state index in [1.165, 1.54) is 30.3 Å². The molecule has 20 heavy (non-hydrogen) atoms. The Bertz CT molecular complexity index is 867. The van der Waals surface area contributed by atoms with Crippen LogP contribution in [0.1, 0.15) is 10.4 Å². The van der Waals surface area contributed by atoms with Crippen molar-refractivity contribution in [1.82, 2.24) is 0 Å². The van der Waals surface area contributed by atoms with Gasteiger partial charge >= 0.3 is 0 Å². The summed E-state index contributed by atoms with van der Waals surface area (Å²) >= 11 is 0. The molecule has 0 spiro atoms. The first-order valence-corrected chi connectivity index (χ1v) is 5.82. The Kier molecular flexibility index (Phi) is 2.44. The lowest BCUT2D eigenvalue weighted by Gasteiger charge is -2.12. The van der Waals surface area contributed by atoms with Crippen molar-refractivity contribution in [2.75, 3.05) is 0 Å². The number of fused-ring (bicyclic) bond motifs is 2. The van der Waals surface area contributed by atoms with Crippen molar-refractivity contribution < 1.29 is 25.2 Å². The monoisotopic (exact) mass is 270 g/mol. The second-order valence-electron chi connectivity index (χ2n) is 4.48. The third-order valence-electron chi connectivity index (χ3n) is 3.30. The van der Waals surface area contributed by atoms with Crippen molar-refractivity contribution in [2.45, 2.75) is 0 Å². The first-order chi connectivity index (χ1) is 9.54. The lowest BCUT2D eigenvalue weighted by Crippen LogP contribution is -1.86. The van der Waals surface area contributed by atoms with Gasteiger partial charge in [-0.2, -0.15) is 0 Å². The number of hydrogen-bond acceptors (Lipinski definition) is 5. The van der Waals surface area contributed by atoms with Crippen LogP contribution in [0.5, 0.6) is 23.0 Å². The third-order valence-corrected chi connectivity index (χ3v) is 3.30. The highest BCUT2D eigenvalue weighted by atomic mass is 16.3. The number of phenolic OH excluding ortho intramolecular Hbond substituents is 4. The smallest absolute Gasteiger partial charge is 0.150 e. The molecule has 0 heterocycles. The maximum atomic E-state index is 10.8. The van der Waals surface area contributed by atoms with Gasteiger partial charge in [0.1, 0.15) is 29.3 Å². The van der Waals surface area contributed by atoms with E-state index in [1.54, 1.807) is 0 Å². The van der Waals surface area contributed by atoms with Crippen molar-refractivity contribution in [3.8, 4) is 23.0 Å². The molecule has 4 N–H and O–H groups in total. The quantitative estimate of drug-likeness (QED) is 0.309. The lowest BCUT2D eigenvalue weighted by molar-refractivity contribution is 0.112. The molecule has 3 aromatic rings. The number of rotatable bonds is 1. The Morgan fingerprint density at radius 1 is 0.800 bits per heavy atom. The molecule has 0 aliphatic carbocycles. The molecular formula is C15H10O5. The van der Waals surface area contributed by atoms with Gasteiger partial charge in [0.05, 0.1) is 10.8 Å². The topological polar surface area (TPSA) is 98.0 Å². The zero-order valence-corrected chi connectivity index (χ0v) is 10.2. The molecule has 0 aliphatic heterocycles. The van der Waals surface area contributed by atoms with Crippen molar-refractivity contribution in [2.24, 2.45) is 0 Å². The highest BCUT2D eigenvalue weighted by molar-refractivity contribution is 6.15. The number of aromatic hydroxyl groups is 4. The minimum absolute atomic E-state index is 0.0119. The zero-order valence-electron chi connectivity index (χ0n) is 10.2. The number of aldehydes is 1. The van der Waals surface area contributed by atoms with Crippen molar-refractivity contribution >= 4 is 27.8 Å². The van der Waals surface area contributed by atoms with Crippen LogP contribution < -0.4 is 0 Å². The van der Waals surface area contributed by atoms with Gasteiger partial charge in [-0.25, -0.2) is 0 Å². The molecule has 100 valence electrons. The normalized spacial score (nSPS) is 11.0. The van der Waals surface area contributed by atoms with E-state index in [4.69, 9.17) is 0 Å². The summed E-state index contributed by atoms with van der Waals surface area (Å²) in [5.74, 6) is -1.12. The van der Waals surface area contributed by atoms with Crippen LogP contribution in [0.15, 0.2) is 30.3 Å². The van der Waals surface area contributed by atoms with Crippen LogP contribution >= 0.6 is 0 Å². The number of phenols is 4. The molecule has 0 aromatic heterocycles. The minimum atomic E-state index is -0.346. The number of benzene rings is 3. The van der Waals surface area contributed by atoms with Gasteiger partial charge in [-0.1, -0.05) is 12.1 Å². The highest BCUT2D eigenvalue weighted by Gasteiger charge is 2.18. The van der Waals surface area contributed by atoms with E-state index >= 15 is 0 Å². The first-order valence-electron chi connectivity index (χ1n) is 5.82. The van der Waals surface area contributed by atoms with Crippen LogP contribution in [-0.4, -0.2) is 26.7 Å². The van der Waals surface area contributed by atoms with E-state index in [0.717, 1.165) is 0 Å². The van der Waals surface area contributed by atoms with Crippen LogP contribution in [0.25, 0.3) is 21.5 Å². The molecule has 0 aliphatic rings. The van der Waals surface area contributed by atoms with Gasteiger partial charge in [-0.3, -0.25) is 4.79 Å². The summed E-state index contributed by atoms with van der Waals surface area (Å²) in [5.41, 5.74) is 0.171. The molecule has 0 unspecified atom stereocenters. The van der Waals surface area contributed by atoms with Crippen LogP contribution in [-0.2, 0) is 0 Å². The standard InChI is InChI=1S/C15H10O5/c16-6-7-4-9-13(11(18)5-7)15(20)12-8(14(9)19)2-1-3-10(12)17/h1-6,17-20H. The lowest BCUT2D eigenvalue weighted by atomic mass is 9.98. The second-order valence-corrected chi connectivity index (χ2v) is 4.48. The average molecular weight is 270 g/mol. The van der Waals surface area contributed by atoms with Gasteiger partial charge < -0.3 is 20.4 Å². The molecule has 5 heteroatoms. The third kappa shape index (κ3) is 1.46. The first kappa shape index (κ1) is 12.1. The molecule has 3 rings (SSSR count). The van der Waals surface area contributed by atoms with Gasteiger partial charge in [0.2, 0.25) is 0 Å². The van der Waals surface area contributed by atoms with Crippen LogP contribution in [0.3, 0.4) is 0 Å². The summed E-state index contributed by atoms with van der Waals surface area (Å²) in [7, 11) is 0. The van der Waals surface area contributed by atoms with Crippen molar-refractivity contribution in [3.63, 3.8) is 0 Å². The van der Waals surface area contributed by atoms with Gasteiger partial charge in [0.25, 0.3) is 0 Å². The Morgan fingerprint density at radius 3 is 2.20 bits per heavy atom. The number of carbonyl (C=O) groups excluding carboxylic acids is 1. The fourth-order valence-electron chi connectivity index (χ4n) is 2.41. The minimum Gasteiger partial charge on any atom is -0.507 e. The largest absolute Gasteiger partial charge is 0.507 e. The molecule has 0 radical (unpaired) electrons. The predicted octanol–water partition coefficient (Wildman–Crippen LogP) is 2.63. The molecule has 0 saturated heterocycles. The van der Waals surface area contributed by atoms with E-state index in [2.05, 4.69) is 0 Å². The number of carbonyl (C=O) groups is 1. The van der Waals surface area contributed by atoms with Crippen molar-refractivity contribution in [3.05, 3.63) is 35.9 Å². The van der Waals surface area contributed by atoms with E-state index < -0.39 is 0 Å². The molecule has 3 aromatic carbocycles. The summed E-state index contributed by atoms with van der Waals surface area (Å²) in [5, 5.41) is 40.7. The Labute approximate surface area is 112 Å². The Hall–Kier alpha value is -2.95. The van der Waals surface area contributed by atoms with Gasteiger partial charge in [-0.05, 0) is 18.2 Å². The van der Waals surface area contributed by atoms with Gasteiger partial charge in [-0.15, -0.1) is 0 Å². The Balaban J connectivity index is 2.66. The second kappa shape index (κ2) is 4.03. The maximum Gasteiger partial charge on any atom is 0.150 e. The molecule has 0 fully saturated rings. The number of hydrogen-bond donors (Lipinski definition) is 4. The summed E-state index contributed by atoms with van der Waals surface area (Å²) in [4.78, 5) is 10.8. The van der Waals surface area contributed by atoms with Gasteiger partial charge in [0, 0.05) is 16.3 Å². The molecular weight excluding hydrogens is 260 g/mol. The summed E-state index contributed by atoms with van der Waals surface area (Å²) in [6, 6.07) is 6.95. The summed E-state index contributed by atoms with van der Waals surface area (Å²) < 4.78 is 0. The van der Waals surface area contributed by atoms with Gasteiger partial charge in [0.15, 0.2) is 0 Å². The zero-order chi connectivity index (χ0) is 14.4. The summed E-state index contributed by atoms with van der Waals surface area (Å²) in [6.45, 7) is 0. The molecule has 0 amide bonds. The van der Waals surface area contributed by atoms with Crippen LogP contribution in [0.2, 0.25) is 0 Å². The predicted molar refractivity (Wildman–Crippen MR) is 73.5 cm³/mol.